The summed E-state index contributed by atoms with van der Waals surface area (Å²) in [6, 6.07) is 11.2. The van der Waals surface area contributed by atoms with E-state index in [1.54, 1.807) is 11.7 Å². The SMILES string of the molecule is Cn1nnnc1Sc1ccc(Br)cc1NC(=O)Cc1ccc2c(c1)OCCO2. The smallest absolute Gasteiger partial charge is 0.228 e. The molecule has 3 aromatic rings. The fraction of sp³-hybridized carbons (Fsp3) is 0.222. The van der Waals surface area contributed by atoms with Crippen LogP contribution in [0.4, 0.5) is 5.69 Å². The second-order valence-electron chi connectivity index (χ2n) is 6.03. The quantitative estimate of drug-likeness (QED) is 0.623. The zero-order chi connectivity index (χ0) is 19.5. The van der Waals surface area contributed by atoms with Gasteiger partial charge >= 0.3 is 0 Å². The van der Waals surface area contributed by atoms with Gasteiger partial charge in [-0.15, -0.1) is 5.10 Å². The van der Waals surface area contributed by atoms with Crippen molar-refractivity contribution in [3.05, 3.63) is 46.4 Å². The fourth-order valence-corrected chi connectivity index (χ4v) is 3.83. The molecule has 1 aliphatic heterocycles. The molecule has 0 unspecified atom stereocenters. The van der Waals surface area contributed by atoms with Gasteiger partial charge in [0.15, 0.2) is 11.5 Å². The highest BCUT2D eigenvalue weighted by Gasteiger charge is 2.15. The lowest BCUT2D eigenvalue weighted by Gasteiger charge is -2.18. The summed E-state index contributed by atoms with van der Waals surface area (Å²) in [5.41, 5.74) is 1.54. The molecule has 0 atom stereocenters. The minimum Gasteiger partial charge on any atom is -0.486 e. The molecule has 0 fully saturated rings. The molecule has 28 heavy (non-hydrogen) atoms. The van der Waals surface area contributed by atoms with Crippen molar-refractivity contribution in [3.8, 4) is 11.5 Å². The molecular weight excluding hydrogens is 446 g/mol. The Morgan fingerprint density at radius 2 is 2.04 bits per heavy atom. The van der Waals surface area contributed by atoms with E-state index in [2.05, 4.69) is 36.8 Å². The molecule has 144 valence electrons. The van der Waals surface area contributed by atoms with E-state index in [9.17, 15) is 4.79 Å². The molecule has 0 bridgehead atoms. The second kappa shape index (κ2) is 8.19. The molecule has 0 spiro atoms. The van der Waals surface area contributed by atoms with Crippen LogP contribution in [-0.4, -0.2) is 39.3 Å². The number of carbonyl (C=O) groups excluding carboxylic acids is 1. The van der Waals surface area contributed by atoms with Crippen LogP contribution in [0.25, 0.3) is 0 Å². The fourth-order valence-electron chi connectivity index (χ4n) is 2.67. The number of nitrogens with one attached hydrogen (secondary N) is 1. The third kappa shape index (κ3) is 4.28. The summed E-state index contributed by atoms with van der Waals surface area (Å²) in [4.78, 5) is 13.5. The number of rotatable bonds is 5. The van der Waals surface area contributed by atoms with Crippen LogP contribution in [-0.2, 0) is 18.3 Å². The van der Waals surface area contributed by atoms with E-state index in [0.717, 1.165) is 14.9 Å². The number of fused-ring (bicyclic) bond motifs is 1. The Bertz CT molecular complexity index is 1030. The van der Waals surface area contributed by atoms with E-state index in [-0.39, 0.29) is 12.3 Å². The first-order chi connectivity index (χ1) is 13.6. The molecular formula is C18H16BrN5O3S. The van der Waals surface area contributed by atoms with Crippen LogP contribution in [0.15, 0.2) is 50.9 Å². The minimum atomic E-state index is -0.132. The van der Waals surface area contributed by atoms with E-state index in [1.807, 2.05) is 36.4 Å². The van der Waals surface area contributed by atoms with Crippen molar-refractivity contribution in [1.82, 2.24) is 20.2 Å². The van der Waals surface area contributed by atoms with Crippen LogP contribution in [0, 0.1) is 0 Å². The lowest BCUT2D eigenvalue weighted by atomic mass is 10.1. The van der Waals surface area contributed by atoms with Crippen LogP contribution >= 0.6 is 27.7 Å². The van der Waals surface area contributed by atoms with E-state index in [4.69, 9.17) is 9.47 Å². The summed E-state index contributed by atoms with van der Waals surface area (Å²) in [5.74, 6) is 1.25. The maximum atomic E-state index is 12.6. The molecule has 1 aromatic heterocycles. The van der Waals surface area contributed by atoms with Gasteiger partial charge in [0.25, 0.3) is 0 Å². The second-order valence-corrected chi connectivity index (χ2v) is 7.96. The van der Waals surface area contributed by atoms with Crippen molar-refractivity contribution in [2.45, 2.75) is 16.5 Å². The molecule has 10 heteroatoms. The summed E-state index contributed by atoms with van der Waals surface area (Å²) in [6.07, 6.45) is 0.221. The number of hydrogen-bond acceptors (Lipinski definition) is 7. The third-order valence-electron chi connectivity index (χ3n) is 3.97. The predicted octanol–water partition coefficient (Wildman–Crippen LogP) is 3.08. The van der Waals surface area contributed by atoms with Crippen LogP contribution < -0.4 is 14.8 Å². The minimum absolute atomic E-state index is 0.132. The van der Waals surface area contributed by atoms with Gasteiger partial charge in [0.2, 0.25) is 11.1 Å². The highest BCUT2D eigenvalue weighted by atomic mass is 79.9. The standard InChI is InChI=1S/C18H16BrN5O3S/c1-24-18(21-22-23-24)28-16-5-3-12(19)10-13(16)20-17(25)9-11-2-4-14-15(8-11)27-7-6-26-14/h2-5,8,10H,6-7,9H2,1H3,(H,20,25). The Morgan fingerprint density at radius 3 is 2.82 bits per heavy atom. The predicted molar refractivity (Wildman–Crippen MR) is 107 cm³/mol. The highest BCUT2D eigenvalue weighted by molar-refractivity contribution is 9.10. The van der Waals surface area contributed by atoms with Crippen molar-refractivity contribution >= 4 is 39.3 Å². The molecule has 0 saturated carbocycles. The van der Waals surface area contributed by atoms with Crippen molar-refractivity contribution in [2.75, 3.05) is 18.5 Å². The molecule has 2 heterocycles. The van der Waals surface area contributed by atoms with Crippen LogP contribution in [0.3, 0.4) is 0 Å². The van der Waals surface area contributed by atoms with Gasteiger partial charge in [0.05, 0.1) is 12.1 Å². The molecule has 1 aliphatic rings. The Labute approximate surface area is 173 Å². The first-order valence-corrected chi connectivity index (χ1v) is 10.1. The average molecular weight is 462 g/mol. The molecule has 4 rings (SSSR count). The summed E-state index contributed by atoms with van der Waals surface area (Å²) in [5, 5.41) is 15.0. The van der Waals surface area contributed by atoms with Gasteiger partial charge < -0.3 is 14.8 Å². The normalized spacial score (nSPS) is 12.6. The summed E-state index contributed by atoms with van der Waals surface area (Å²) in [6.45, 7) is 1.05. The molecule has 0 saturated heterocycles. The Balaban J connectivity index is 1.49. The molecule has 0 radical (unpaired) electrons. The van der Waals surface area contributed by atoms with Gasteiger partial charge in [-0.1, -0.05) is 22.0 Å². The summed E-state index contributed by atoms with van der Waals surface area (Å²) >= 11 is 4.83. The zero-order valence-corrected chi connectivity index (χ0v) is 17.3. The molecule has 2 aromatic carbocycles. The highest BCUT2D eigenvalue weighted by Crippen LogP contribution is 2.34. The first kappa shape index (κ1) is 18.8. The van der Waals surface area contributed by atoms with Gasteiger partial charge in [0, 0.05) is 16.4 Å². The Hall–Kier alpha value is -2.59. The van der Waals surface area contributed by atoms with Crippen LogP contribution in [0.1, 0.15) is 5.56 Å². The number of aromatic nitrogens is 4. The number of benzene rings is 2. The lowest BCUT2D eigenvalue weighted by molar-refractivity contribution is -0.115. The van der Waals surface area contributed by atoms with Crippen molar-refractivity contribution < 1.29 is 14.3 Å². The number of hydrogen-bond donors (Lipinski definition) is 1. The number of tetrazole rings is 1. The Kier molecular flexibility index (Phi) is 5.49. The molecule has 0 aliphatic carbocycles. The van der Waals surface area contributed by atoms with E-state index in [0.29, 0.717) is 35.6 Å². The van der Waals surface area contributed by atoms with Crippen molar-refractivity contribution in [3.63, 3.8) is 0 Å². The number of amides is 1. The number of halogens is 1. The van der Waals surface area contributed by atoms with Crippen LogP contribution in [0.5, 0.6) is 11.5 Å². The van der Waals surface area contributed by atoms with Gasteiger partial charge in [-0.3, -0.25) is 4.79 Å². The number of carbonyl (C=O) groups is 1. The van der Waals surface area contributed by atoms with Crippen molar-refractivity contribution in [1.29, 1.82) is 0 Å². The monoisotopic (exact) mass is 461 g/mol. The van der Waals surface area contributed by atoms with Gasteiger partial charge in [-0.2, -0.15) is 0 Å². The van der Waals surface area contributed by atoms with Gasteiger partial charge in [0.1, 0.15) is 13.2 Å². The van der Waals surface area contributed by atoms with Gasteiger partial charge in [-0.25, -0.2) is 4.68 Å². The van der Waals surface area contributed by atoms with E-state index >= 15 is 0 Å². The van der Waals surface area contributed by atoms with E-state index < -0.39 is 0 Å². The molecule has 8 nitrogen and oxygen atoms in total. The lowest BCUT2D eigenvalue weighted by Crippen LogP contribution is -2.17. The third-order valence-corrected chi connectivity index (χ3v) is 5.57. The number of aryl methyl sites for hydroxylation is 1. The number of ether oxygens (including phenoxy) is 2. The largest absolute Gasteiger partial charge is 0.486 e. The zero-order valence-electron chi connectivity index (χ0n) is 14.9. The maximum Gasteiger partial charge on any atom is 0.228 e. The number of nitrogens with zero attached hydrogens (tertiary/aromatic N) is 4. The average Bonchev–Trinajstić information content (AvgIpc) is 3.08. The van der Waals surface area contributed by atoms with Gasteiger partial charge in [-0.05, 0) is 58.1 Å². The molecule has 1 N–H and O–H groups in total. The Morgan fingerprint density at radius 1 is 1.21 bits per heavy atom. The van der Waals surface area contributed by atoms with Crippen LogP contribution in [0.2, 0.25) is 0 Å². The summed E-state index contributed by atoms with van der Waals surface area (Å²) < 4.78 is 13.5. The molecule has 1 amide bonds. The van der Waals surface area contributed by atoms with E-state index in [1.165, 1.54) is 11.8 Å². The number of anilines is 1. The van der Waals surface area contributed by atoms with Crippen molar-refractivity contribution in [2.24, 2.45) is 7.05 Å². The first-order valence-electron chi connectivity index (χ1n) is 8.46. The topological polar surface area (TPSA) is 91.2 Å². The summed E-state index contributed by atoms with van der Waals surface area (Å²) in [7, 11) is 1.77. The maximum absolute atomic E-state index is 12.6.